The predicted octanol–water partition coefficient (Wildman–Crippen LogP) is -0.287. The Labute approximate surface area is 104 Å². The number of piperazine rings is 1. The van der Waals surface area contributed by atoms with Crippen LogP contribution in [-0.2, 0) is 10.2 Å². The highest BCUT2D eigenvalue weighted by molar-refractivity contribution is 7.86. The van der Waals surface area contributed by atoms with E-state index in [4.69, 9.17) is 5.26 Å². The van der Waals surface area contributed by atoms with Crippen LogP contribution in [0.4, 0.5) is 0 Å². The minimum Gasteiger partial charge on any atom is -0.288 e. The quantitative estimate of drug-likeness (QED) is 0.652. The van der Waals surface area contributed by atoms with Crippen molar-refractivity contribution >= 4 is 10.2 Å². The van der Waals surface area contributed by atoms with Gasteiger partial charge in [0.1, 0.15) is 0 Å². The van der Waals surface area contributed by atoms with Crippen LogP contribution in [0.25, 0.3) is 0 Å². The molecule has 0 amide bonds. The first-order valence-electron chi connectivity index (χ1n) is 5.72. The first-order valence-corrected chi connectivity index (χ1v) is 7.11. The van der Waals surface area contributed by atoms with E-state index in [0.29, 0.717) is 32.7 Å². The average molecular weight is 260 g/mol. The molecule has 0 unspecified atom stereocenters. The molecule has 0 spiro atoms. The standard InChI is InChI=1S/C10H20N4O2S/c1-10(2)12(3)17(15,16)14-8-6-13(5-4-11)7-9-14/h10H,5-9H2,1-3H3. The molecule has 1 rings (SSSR count). The van der Waals surface area contributed by atoms with E-state index in [1.54, 1.807) is 7.05 Å². The zero-order valence-corrected chi connectivity index (χ0v) is 11.4. The van der Waals surface area contributed by atoms with Crippen molar-refractivity contribution in [2.45, 2.75) is 19.9 Å². The predicted molar refractivity (Wildman–Crippen MR) is 65.4 cm³/mol. The summed E-state index contributed by atoms with van der Waals surface area (Å²) in [7, 11) is -1.74. The summed E-state index contributed by atoms with van der Waals surface area (Å²) < 4.78 is 27.2. The van der Waals surface area contributed by atoms with E-state index >= 15 is 0 Å². The fourth-order valence-electron chi connectivity index (χ4n) is 1.67. The topological polar surface area (TPSA) is 67.7 Å². The van der Waals surface area contributed by atoms with E-state index in [9.17, 15) is 8.42 Å². The van der Waals surface area contributed by atoms with Crippen molar-refractivity contribution in [1.82, 2.24) is 13.5 Å². The summed E-state index contributed by atoms with van der Waals surface area (Å²) in [5.41, 5.74) is 0. The Morgan fingerprint density at radius 1 is 1.29 bits per heavy atom. The fourth-order valence-corrected chi connectivity index (χ4v) is 3.19. The van der Waals surface area contributed by atoms with Gasteiger partial charge in [-0.25, -0.2) is 0 Å². The summed E-state index contributed by atoms with van der Waals surface area (Å²) in [4.78, 5) is 1.96. The minimum absolute atomic E-state index is 0.0443. The summed E-state index contributed by atoms with van der Waals surface area (Å²) in [6, 6.07) is 2.04. The monoisotopic (exact) mass is 260 g/mol. The molecule has 17 heavy (non-hydrogen) atoms. The maximum absolute atomic E-state index is 12.2. The Balaban J connectivity index is 2.62. The van der Waals surface area contributed by atoms with Gasteiger partial charge < -0.3 is 0 Å². The Bertz CT molecular complexity index is 380. The lowest BCUT2D eigenvalue weighted by atomic mass is 10.4. The lowest BCUT2D eigenvalue weighted by Crippen LogP contribution is -2.53. The van der Waals surface area contributed by atoms with Gasteiger partial charge in [0, 0.05) is 39.3 Å². The van der Waals surface area contributed by atoms with Gasteiger partial charge in [0.05, 0.1) is 12.6 Å². The molecular formula is C10H20N4O2S. The van der Waals surface area contributed by atoms with E-state index < -0.39 is 10.2 Å². The van der Waals surface area contributed by atoms with Gasteiger partial charge in [-0.15, -0.1) is 0 Å². The molecule has 0 N–H and O–H groups in total. The Morgan fingerprint density at radius 2 is 1.82 bits per heavy atom. The minimum atomic E-state index is -3.34. The average Bonchev–Trinajstić information content (AvgIpc) is 2.29. The second kappa shape index (κ2) is 5.78. The highest BCUT2D eigenvalue weighted by Crippen LogP contribution is 2.12. The SMILES string of the molecule is CC(C)N(C)S(=O)(=O)N1CCN(CC#N)CC1. The molecule has 0 atom stereocenters. The highest BCUT2D eigenvalue weighted by Gasteiger charge is 2.31. The summed E-state index contributed by atoms with van der Waals surface area (Å²) in [5.74, 6) is 0. The molecule has 0 aromatic rings. The lowest BCUT2D eigenvalue weighted by molar-refractivity contribution is 0.197. The van der Waals surface area contributed by atoms with Crippen LogP contribution in [0, 0.1) is 11.3 Å². The van der Waals surface area contributed by atoms with Crippen LogP contribution < -0.4 is 0 Å². The van der Waals surface area contributed by atoms with Crippen LogP contribution in [-0.4, -0.2) is 67.7 Å². The molecule has 0 aromatic carbocycles. The van der Waals surface area contributed by atoms with Crippen molar-refractivity contribution < 1.29 is 8.42 Å². The lowest BCUT2D eigenvalue weighted by Gasteiger charge is -2.35. The fraction of sp³-hybridized carbons (Fsp3) is 0.900. The van der Waals surface area contributed by atoms with Crippen molar-refractivity contribution in [3.63, 3.8) is 0 Å². The van der Waals surface area contributed by atoms with Gasteiger partial charge in [-0.1, -0.05) is 0 Å². The Morgan fingerprint density at radius 3 is 2.24 bits per heavy atom. The van der Waals surface area contributed by atoms with Crippen LogP contribution in [0.2, 0.25) is 0 Å². The molecule has 7 heteroatoms. The molecule has 1 aliphatic rings. The van der Waals surface area contributed by atoms with Crippen molar-refractivity contribution in [2.24, 2.45) is 0 Å². The molecule has 0 aliphatic carbocycles. The van der Waals surface area contributed by atoms with Crippen molar-refractivity contribution in [3.05, 3.63) is 0 Å². The Hall–Kier alpha value is -0.680. The second-order valence-electron chi connectivity index (χ2n) is 4.45. The van der Waals surface area contributed by atoms with E-state index in [0.717, 1.165) is 0 Å². The molecule has 1 heterocycles. The Kier molecular flexibility index (Phi) is 4.89. The molecular weight excluding hydrogens is 240 g/mol. The summed E-state index contributed by atoms with van der Waals surface area (Å²) in [6.07, 6.45) is 0. The maximum atomic E-state index is 12.2. The number of nitrogens with zero attached hydrogens (tertiary/aromatic N) is 4. The van der Waals surface area contributed by atoms with Gasteiger partial charge in [0.15, 0.2) is 0 Å². The molecule has 0 saturated carbocycles. The van der Waals surface area contributed by atoms with Crippen molar-refractivity contribution in [3.8, 4) is 6.07 Å². The van der Waals surface area contributed by atoms with Crippen LogP contribution in [0.5, 0.6) is 0 Å². The van der Waals surface area contributed by atoms with Gasteiger partial charge in [-0.2, -0.15) is 22.3 Å². The van der Waals surface area contributed by atoms with Gasteiger partial charge in [-0.3, -0.25) is 4.90 Å². The summed E-state index contributed by atoms with van der Waals surface area (Å²) in [6.45, 7) is 6.24. The van der Waals surface area contributed by atoms with Crippen LogP contribution in [0.1, 0.15) is 13.8 Å². The number of hydrogen-bond acceptors (Lipinski definition) is 4. The smallest absolute Gasteiger partial charge is 0.282 e. The van der Waals surface area contributed by atoms with E-state index in [1.165, 1.54) is 8.61 Å². The first-order chi connectivity index (χ1) is 7.89. The number of rotatable bonds is 4. The molecule has 0 aromatic heterocycles. The molecule has 1 aliphatic heterocycles. The van der Waals surface area contributed by atoms with Gasteiger partial charge in [0.25, 0.3) is 10.2 Å². The third kappa shape index (κ3) is 3.39. The molecule has 0 radical (unpaired) electrons. The largest absolute Gasteiger partial charge is 0.288 e. The molecule has 1 saturated heterocycles. The number of nitriles is 1. The molecule has 98 valence electrons. The van der Waals surface area contributed by atoms with Crippen LogP contribution in [0.15, 0.2) is 0 Å². The number of hydrogen-bond donors (Lipinski definition) is 0. The highest BCUT2D eigenvalue weighted by atomic mass is 32.2. The van der Waals surface area contributed by atoms with Gasteiger partial charge >= 0.3 is 0 Å². The third-order valence-electron chi connectivity index (χ3n) is 3.04. The van der Waals surface area contributed by atoms with Crippen molar-refractivity contribution in [2.75, 3.05) is 39.8 Å². The third-order valence-corrected chi connectivity index (χ3v) is 5.21. The maximum Gasteiger partial charge on any atom is 0.282 e. The van der Waals surface area contributed by atoms with Gasteiger partial charge in [-0.05, 0) is 13.8 Å². The molecule has 1 fully saturated rings. The second-order valence-corrected chi connectivity index (χ2v) is 6.44. The molecule has 0 bridgehead atoms. The van der Waals surface area contributed by atoms with Crippen molar-refractivity contribution in [1.29, 1.82) is 5.26 Å². The molecule has 6 nitrogen and oxygen atoms in total. The van der Waals surface area contributed by atoms with E-state index in [1.807, 2.05) is 18.7 Å². The normalized spacial score (nSPS) is 19.8. The summed E-state index contributed by atoms with van der Waals surface area (Å²) in [5, 5.41) is 8.57. The van der Waals surface area contributed by atoms with E-state index in [-0.39, 0.29) is 6.04 Å². The zero-order valence-electron chi connectivity index (χ0n) is 10.6. The van der Waals surface area contributed by atoms with Gasteiger partial charge in [0.2, 0.25) is 0 Å². The first kappa shape index (κ1) is 14.4. The van der Waals surface area contributed by atoms with Crippen LogP contribution >= 0.6 is 0 Å². The zero-order chi connectivity index (χ0) is 13.1. The van der Waals surface area contributed by atoms with E-state index in [2.05, 4.69) is 6.07 Å². The van der Waals surface area contributed by atoms with Crippen LogP contribution in [0.3, 0.4) is 0 Å². The summed E-state index contributed by atoms with van der Waals surface area (Å²) >= 11 is 0.